The van der Waals surface area contributed by atoms with Gasteiger partial charge in [-0.3, -0.25) is 4.79 Å². The van der Waals surface area contributed by atoms with Crippen molar-refractivity contribution in [2.24, 2.45) is 4.99 Å². The third-order valence-electron chi connectivity index (χ3n) is 5.45. The second-order valence-corrected chi connectivity index (χ2v) is 10.4. The average molecular weight is 460 g/mol. The summed E-state index contributed by atoms with van der Waals surface area (Å²) >= 11 is 1.50. The summed E-state index contributed by atoms with van der Waals surface area (Å²) in [4.78, 5) is 18.0. The Bertz CT molecular complexity index is 1300. The predicted octanol–water partition coefficient (Wildman–Crippen LogP) is 3.10. The Hall–Kier alpha value is -2.33. The molecule has 3 aromatic rings. The normalized spacial score (nSPS) is 16.2. The summed E-state index contributed by atoms with van der Waals surface area (Å²) in [5, 5.41) is 0. The van der Waals surface area contributed by atoms with Gasteiger partial charge in [0.15, 0.2) is 4.80 Å². The molecule has 9 heteroatoms. The molecule has 2 aromatic carbocycles. The van der Waals surface area contributed by atoms with E-state index in [1.807, 2.05) is 6.92 Å². The summed E-state index contributed by atoms with van der Waals surface area (Å²) in [5.74, 6) is -0.389. The molecular weight excluding hydrogens is 434 g/mol. The highest BCUT2D eigenvalue weighted by Gasteiger charge is 2.26. The Morgan fingerprint density at radius 2 is 1.71 bits per heavy atom. The number of nitrogens with zero attached hydrogens (tertiary/aromatic N) is 3. The average Bonchev–Trinajstić information content (AvgIpc) is 3.16. The number of fused-ring (bicyclic) bond motifs is 1. The van der Waals surface area contributed by atoms with Crippen LogP contribution >= 0.6 is 11.3 Å². The first kappa shape index (κ1) is 21.9. The quantitative estimate of drug-likeness (QED) is 0.600. The van der Waals surface area contributed by atoms with Crippen LogP contribution in [-0.4, -0.2) is 49.5 Å². The van der Waals surface area contributed by atoms with Crippen molar-refractivity contribution in [1.82, 2.24) is 8.87 Å². The van der Waals surface area contributed by atoms with Crippen LogP contribution in [0.4, 0.5) is 0 Å². The highest BCUT2D eigenvalue weighted by atomic mass is 32.2. The Morgan fingerprint density at radius 3 is 2.35 bits per heavy atom. The molecule has 31 heavy (non-hydrogen) atoms. The first-order chi connectivity index (χ1) is 14.8. The zero-order valence-electron chi connectivity index (χ0n) is 17.8. The van der Waals surface area contributed by atoms with Gasteiger partial charge in [-0.15, -0.1) is 0 Å². The lowest BCUT2D eigenvalue weighted by Gasteiger charge is -2.26. The van der Waals surface area contributed by atoms with Crippen LogP contribution in [0.2, 0.25) is 0 Å². The summed E-state index contributed by atoms with van der Waals surface area (Å²) in [7, 11) is -3.59. The molecule has 1 saturated heterocycles. The fourth-order valence-corrected chi connectivity index (χ4v) is 6.36. The Morgan fingerprint density at radius 1 is 1.06 bits per heavy atom. The minimum Gasteiger partial charge on any atom is -0.379 e. The van der Waals surface area contributed by atoms with E-state index in [1.54, 1.807) is 0 Å². The van der Waals surface area contributed by atoms with E-state index in [0.29, 0.717) is 43.2 Å². The van der Waals surface area contributed by atoms with Crippen molar-refractivity contribution < 1.29 is 17.9 Å². The van der Waals surface area contributed by atoms with E-state index in [9.17, 15) is 13.2 Å². The molecule has 0 saturated carbocycles. The molecule has 2 heterocycles. The third kappa shape index (κ3) is 4.10. The van der Waals surface area contributed by atoms with Crippen LogP contribution in [0, 0.1) is 13.8 Å². The van der Waals surface area contributed by atoms with Crippen molar-refractivity contribution in [3.63, 3.8) is 0 Å². The number of carbonyl (C=O) groups is 1. The molecular formula is C22H25N3O4S2. The summed E-state index contributed by atoms with van der Waals surface area (Å²) in [6.45, 7) is 8.29. The smallest absolute Gasteiger partial charge is 0.279 e. The van der Waals surface area contributed by atoms with Gasteiger partial charge in [0.2, 0.25) is 10.0 Å². The lowest BCUT2D eigenvalue weighted by Crippen LogP contribution is -2.40. The van der Waals surface area contributed by atoms with Crippen molar-refractivity contribution >= 4 is 37.5 Å². The first-order valence-electron chi connectivity index (χ1n) is 10.2. The number of thiazole rings is 1. The topological polar surface area (TPSA) is 81.0 Å². The molecule has 1 aliphatic heterocycles. The Kier molecular flexibility index (Phi) is 6.11. The summed E-state index contributed by atoms with van der Waals surface area (Å²) in [6.07, 6.45) is 0. The van der Waals surface area contributed by atoms with Gasteiger partial charge in [0.25, 0.3) is 5.91 Å². The van der Waals surface area contributed by atoms with E-state index < -0.39 is 10.0 Å². The zero-order chi connectivity index (χ0) is 22.2. The van der Waals surface area contributed by atoms with Crippen LogP contribution in [0.3, 0.4) is 0 Å². The second-order valence-electron chi connectivity index (χ2n) is 7.46. The van der Waals surface area contributed by atoms with E-state index in [2.05, 4.69) is 35.5 Å². The lowest BCUT2D eigenvalue weighted by molar-refractivity contribution is 0.0730. The molecule has 1 aliphatic rings. The van der Waals surface area contributed by atoms with Gasteiger partial charge in [0.05, 0.1) is 28.3 Å². The van der Waals surface area contributed by atoms with Crippen molar-refractivity contribution in [3.05, 3.63) is 57.9 Å². The summed E-state index contributed by atoms with van der Waals surface area (Å²) in [6, 6.07) is 10.2. The molecule has 1 amide bonds. The van der Waals surface area contributed by atoms with E-state index in [-0.39, 0.29) is 10.8 Å². The van der Waals surface area contributed by atoms with Crippen LogP contribution in [-0.2, 0) is 21.3 Å². The monoisotopic (exact) mass is 459 g/mol. The van der Waals surface area contributed by atoms with Gasteiger partial charge in [-0.25, -0.2) is 8.42 Å². The lowest BCUT2D eigenvalue weighted by atomic mass is 10.1. The maximum absolute atomic E-state index is 12.8. The molecule has 0 bridgehead atoms. The van der Waals surface area contributed by atoms with Crippen molar-refractivity contribution in [2.75, 3.05) is 26.3 Å². The van der Waals surface area contributed by atoms with Gasteiger partial charge in [0.1, 0.15) is 0 Å². The van der Waals surface area contributed by atoms with E-state index >= 15 is 0 Å². The van der Waals surface area contributed by atoms with Crippen molar-refractivity contribution in [1.29, 1.82) is 0 Å². The standard InChI is InChI=1S/C22H25N3O4S2/c1-4-25-19-15(2)5-6-16(3)20(19)30-22(25)23-21(26)17-7-9-18(10-8-17)31(27,28)24-11-13-29-14-12-24/h5-10H,4,11-14H2,1-3H3. The molecule has 0 unspecified atom stereocenters. The van der Waals surface area contributed by atoms with Crippen LogP contribution in [0.15, 0.2) is 46.3 Å². The Balaban J connectivity index is 1.67. The van der Waals surface area contributed by atoms with Crippen molar-refractivity contribution in [3.8, 4) is 0 Å². The van der Waals surface area contributed by atoms with Crippen LogP contribution in [0.1, 0.15) is 28.4 Å². The fraction of sp³-hybridized carbons (Fsp3) is 0.364. The first-order valence-corrected chi connectivity index (χ1v) is 12.4. The molecule has 7 nitrogen and oxygen atoms in total. The van der Waals surface area contributed by atoms with Crippen LogP contribution in [0.25, 0.3) is 10.2 Å². The summed E-state index contributed by atoms with van der Waals surface area (Å²) < 4.78 is 35.3. The van der Waals surface area contributed by atoms with Gasteiger partial charge in [0, 0.05) is 25.2 Å². The molecule has 1 aromatic heterocycles. The maximum Gasteiger partial charge on any atom is 0.279 e. The van der Waals surface area contributed by atoms with Gasteiger partial charge in [-0.2, -0.15) is 9.30 Å². The minimum atomic E-state index is -3.59. The molecule has 164 valence electrons. The number of morpholine rings is 1. The highest BCUT2D eigenvalue weighted by Crippen LogP contribution is 2.25. The predicted molar refractivity (Wildman–Crippen MR) is 121 cm³/mol. The minimum absolute atomic E-state index is 0.169. The molecule has 0 spiro atoms. The fourth-order valence-electron chi connectivity index (χ4n) is 3.71. The second kappa shape index (κ2) is 8.66. The molecule has 0 radical (unpaired) electrons. The molecule has 0 atom stereocenters. The molecule has 0 N–H and O–H groups in total. The largest absolute Gasteiger partial charge is 0.379 e. The number of benzene rings is 2. The van der Waals surface area contributed by atoms with Crippen LogP contribution in [0.5, 0.6) is 0 Å². The van der Waals surface area contributed by atoms with Gasteiger partial charge in [-0.05, 0) is 56.2 Å². The number of carbonyl (C=O) groups excluding carboxylic acids is 1. The number of sulfonamides is 1. The number of amides is 1. The van der Waals surface area contributed by atoms with E-state index in [4.69, 9.17) is 4.74 Å². The number of aromatic nitrogens is 1. The highest BCUT2D eigenvalue weighted by molar-refractivity contribution is 7.89. The number of aryl methyl sites for hydroxylation is 3. The Labute approximate surface area is 185 Å². The van der Waals surface area contributed by atoms with E-state index in [1.165, 1.54) is 39.9 Å². The molecule has 0 aliphatic carbocycles. The molecule has 1 fully saturated rings. The van der Waals surface area contributed by atoms with E-state index in [0.717, 1.165) is 21.3 Å². The number of hydrogen-bond donors (Lipinski definition) is 0. The third-order valence-corrected chi connectivity index (χ3v) is 8.57. The van der Waals surface area contributed by atoms with Gasteiger partial charge < -0.3 is 9.30 Å². The number of rotatable bonds is 4. The number of ether oxygens (including phenoxy) is 1. The zero-order valence-corrected chi connectivity index (χ0v) is 19.4. The SMILES string of the molecule is CCn1c(=NC(=O)c2ccc(S(=O)(=O)N3CCOCC3)cc2)sc2c(C)ccc(C)c21. The van der Waals surface area contributed by atoms with Gasteiger partial charge in [-0.1, -0.05) is 23.5 Å². The van der Waals surface area contributed by atoms with Crippen LogP contribution < -0.4 is 4.80 Å². The van der Waals surface area contributed by atoms with Crippen molar-refractivity contribution in [2.45, 2.75) is 32.2 Å². The van der Waals surface area contributed by atoms with Gasteiger partial charge >= 0.3 is 0 Å². The maximum atomic E-state index is 12.8. The molecule has 4 rings (SSSR count). The number of hydrogen-bond acceptors (Lipinski definition) is 5. The summed E-state index contributed by atoms with van der Waals surface area (Å²) in [5.41, 5.74) is 3.75.